The molecule has 12 nitrogen and oxygen atoms in total. The van der Waals surface area contributed by atoms with Crippen molar-refractivity contribution in [1.29, 1.82) is 0 Å². The first-order valence-electron chi connectivity index (χ1n) is 14.3. The van der Waals surface area contributed by atoms with Crippen LogP contribution in [0.2, 0.25) is 20.1 Å². The molecule has 0 radical (unpaired) electrons. The smallest absolute Gasteiger partial charge is 0.314 e. The van der Waals surface area contributed by atoms with Gasteiger partial charge in [-0.15, -0.1) is 20.4 Å². The Kier molecular flexibility index (Phi) is 14.6. The number of nitrogens with one attached hydrogen (secondary N) is 1. The third-order valence-corrected chi connectivity index (χ3v) is 8.43. The zero-order valence-electron chi connectivity index (χ0n) is 26.1. The molecule has 0 fully saturated rings. The first-order chi connectivity index (χ1) is 25.2. The number of rotatable bonds is 9. The van der Waals surface area contributed by atoms with Crippen LogP contribution < -0.4 is 11.1 Å². The number of H-pyrrole nitrogens is 1. The molecule has 0 amide bonds. The highest BCUT2D eigenvalue weighted by molar-refractivity contribution is 9.09. The number of alkyl halides is 5. The van der Waals surface area contributed by atoms with Crippen molar-refractivity contribution in [1.82, 2.24) is 29.9 Å². The molecule has 0 saturated heterocycles. The second-order valence-corrected chi connectivity index (χ2v) is 12.2. The van der Waals surface area contributed by atoms with Crippen molar-refractivity contribution in [2.75, 3.05) is 5.33 Å². The van der Waals surface area contributed by atoms with E-state index in [1.807, 2.05) is 0 Å². The Balaban J connectivity index is 0.000000196. The number of aromatic nitrogens is 6. The fourth-order valence-corrected chi connectivity index (χ4v) is 4.81. The van der Waals surface area contributed by atoms with Gasteiger partial charge in [0, 0.05) is 46.8 Å². The van der Waals surface area contributed by atoms with Crippen LogP contribution in [0.25, 0.3) is 22.9 Å². The lowest BCUT2D eigenvalue weighted by Gasteiger charge is -2.06. The van der Waals surface area contributed by atoms with E-state index in [2.05, 4.69) is 45.7 Å². The molecule has 276 valence electrons. The molecule has 4 heterocycles. The second kappa shape index (κ2) is 18.9. The monoisotopic (exact) mass is 878 g/mol. The summed E-state index contributed by atoms with van der Waals surface area (Å²) in [5, 5.41) is 14.9. The van der Waals surface area contributed by atoms with Crippen LogP contribution >= 0.6 is 62.3 Å². The Labute approximate surface area is 322 Å². The third kappa shape index (κ3) is 11.4. The van der Waals surface area contributed by atoms with Gasteiger partial charge in [0.15, 0.2) is 11.6 Å². The van der Waals surface area contributed by atoms with E-state index in [4.69, 9.17) is 50.8 Å². The number of ketones is 2. The van der Waals surface area contributed by atoms with Gasteiger partial charge in [-0.1, -0.05) is 62.3 Å². The van der Waals surface area contributed by atoms with Gasteiger partial charge in [-0.3, -0.25) is 19.2 Å². The first kappa shape index (κ1) is 41.1. The minimum atomic E-state index is -2.90. The molecule has 0 bridgehead atoms. The van der Waals surface area contributed by atoms with E-state index in [1.54, 1.807) is 18.2 Å². The molecular weight excluding hydrogens is 862 g/mol. The fourth-order valence-electron chi connectivity index (χ4n) is 3.89. The van der Waals surface area contributed by atoms with Gasteiger partial charge >= 0.3 is 12.9 Å². The molecule has 0 aliphatic heterocycles. The standard InChI is InChI=1S/C16H9Cl2F2N3O3.C8H5BrCl2O.C8H5F2N3O2/c17-10-2-1-8(5-11(10)18)12(24)7-23-4-3-9(6-13(23)25)15-21-22-16(26-15)14(19)20;9-4-8(12)5-1-2-6(10)7(11)3-5;9-6(10)8-13-12-7(15-8)4-1-2-11-5(14)3-4/h1-6,14H,7H2;1-3H,4H2;1-3,6H,(H,11,14). The van der Waals surface area contributed by atoms with Gasteiger partial charge in [-0.25, -0.2) is 0 Å². The van der Waals surface area contributed by atoms with E-state index in [1.165, 1.54) is 48.8 Å². The van der Waals surface area contributed by atoms with E-state index in [0.29, 0.717) is 37.1 Å². The van der Waals surface area contributed by atoms with Crippen LogP contribution in [0.5, 0.6) is 0 Å². The molecule has 21 heteroatoms. The molecule has 0 spiro atoms. The Hall–Kier alpha value is -4.68. The quantitative estimate of drug-likeness (QED) is 0.0841. The van der Waals surface area contributed by atoms with E-state index in [9.17, 15) is 36.7 Å². The van der Waals surface area contributed by atoms with Gasteiger partial charge in [-0.05, 0) is 48.5 Å². The van der Waals surface area contributed by atoms with Crippen molar-refractivity contribution in [3.8, 4) is 22.9 Å². The van der Waals surface area contributed by atoms with Crippen molar-refractivity contribution in [2.45, 2.75) is 19.4 Å². The number of benzene rings is 2. The van der Waals surface area contributed by atoms with E-state index < -0.39 is 30.2 Å². The summed E-state index contributed by atoms with van der Waals surface area (Å²) in [6.45, 7) is -0.233. The number of carbonyl (C=O) groups excluding carboxylic acids is 2. The zero-order valence-corrected chi connectivity index (χ0v) is 30.7. The second-order valence-electron chi connectivity index (χ2n) is 10.1. The molecule has 0 unspecified atom stereocenters. The number of carbonyl (C=O) groups is 2. The molecule has 6 rings (SSSR count). The number of hydrogen-bond donors (Lipinski definition) is 1. The van der Waals surface area contributed by atoms with Crippen molar-refractivity contribution in [3.63, 3.8) is 0 Å². The van der Waals surface area contributed by atoms with Crippen LogP contribution in [0.15, 0.2) is 91.5 Å². The van der Waals surface area contributed by atoms with Gasteiger partial charge in [0.2, 0.25) is 17.3 Å². The summed E-state index contributed by atoms with van der Waals surface area (Å²) in [6, 6.07) is 14.4. The van der Waals surface area contributed by atoms with Crippen LogP contribution in [-0.2, 0) is 6.54 Å². The number of pyridine rings is 2. The largest absolute Gasteiger partial charge is 0.415 e. The van der Waals surface area contributed by atoms with E-state index in [-0.39, 0.29) is 46.0 Å². The normalized spacial score (nSPS) is 10.8. The average molecular weight is 881 g/mol. The van der Waals surface area contributed by atoms with E-state index >= 15 is 0 Å². The van der Waals surface area contributed by atoms with Gasteiger partial charge in [0.05, 0.1) is 32.0 Å². The lowest BCUT2D eigenvalue weighted by molar-refractivity contribution is 0.0969. The number of halogens is 9. The molecule has 53 heavy (non-hydrogen) atoms. The first-order valence-corrected chi connectivity index (χ1v) is 17.0. The third-order valence-electron chi connectivity index (χ3n) is 6.44. The van der Waals surface area contributed by atoms with E-state index in [0.717, 1.165) is 10.6 Å². The molecule has 0 atom stereocenters. The molecule has 1 N–H and O–H groups in total. The van der Waals surface area contributed by atoms with Crippen molar-refractivity contribution < 1.29 is 36.0 Å². The Morgan fingerprint density at radius 2 is 1.21 bits per heavy atom. The summed E-state index contributed by atoms with van der Waals surface area (Å²) in [5.41, 5.74) is 0.443. The minimum Gasteiger partial charge on any atom is -0.415 e. The minimum absolute atomic E-state index is 0.00596. The SMILES string of the molecule is O=C(CBr)c1ccc(Cl)c(Cl)c1.O=C(Cn1ccc(-c2nnc(C(F)F)o2)cc1=O)c1ccc(Cl)c(Cl)c1.O=c1cc(-c2nnc(C(F)F)o2)cc[nH]1. The summed E-state index contributed by atoms with van der Waals surface area (Å²) in [7, 11) is 0. The number of nitrogens with zero attached hydrogens (tertiary/aromatic N) is 5. The van der Waals surface area contributed by atoms with Crippen molar-refractivity contribution in [3.05, 3.63) is 137 Å². The van der Waals surface area contributed by atoms with Gasteiger partial charge < -0.3 is 18.4 Å². The van der Waals surface area contributed by atoms with Gasteiger partial charge in [0.25, 0.3) is 17.3 Å². The highest BCUT2D eigenvalue weighted by Crippen LogP contribution is 2.25. The molecule has 6 aromatic rings. The van der Waals surface area contributed by atoms with Crippen LogP contribution in [0.1, 0.15) is 45.3 Å². The van der Waals surface area contributed by atoms with Crippen molar-refractivity contribution in [2.24, 2.45) is 0 Å². The molecule has 2 aromatic carbocycles. The maximum atomic E-state index is 12.5. The maximum Gasteiger partial charge on any atom is 0.314 e. The lowest BCUT2D eigenvalue weighted by atomic mass is 10.1. The summed E-state index contributed by atoms with van der Waals surface area (Å²) in [5.74, 6) is -2.26. The number of aromatic amines is 1. The Morgan fingerprint density at radius 3 is 1.64 bits per heavy atom. The predicted octanol–water partition coefficient (Wildman–Crippen LogP) is 8.96. The molecule has 0 saturated carbocycles. The summed E-state index contributed by atoms with van der Waals surface area (Å²) >= 11 is 26.1. The predicted molar refractivity (Wildman–Crippen MR) is 190 cm³/mol. The zero-order chi connectivity index (χ0) is 38.8. The van der Waals surface area contributed by atoms with Crippen molar-refractivity contribution >= 4 is 73.9 Å². The lowest BCUT2D eigenvalue weighted by Crippen LogP contribution is -2.23. The summed E-state index contributed by atoms with van der Waals surface area (Å²) < 4.78 is 59.8. The Morgan fingerprint density at radius 1 is 0.698 bits per heavy atom. The maximum absolute atomic E-state index is 12.5. The van der Waals surface area contributed by atoms with Crippen LogP contribution in [0.3, 0.4) is 0 Å². The average Bonchev–Trinajstić information content (AvgIpc) is 3.84. The topological polar surface area (TPSA) is 167 Å². The van der Waals surface area contributed by atoms with Crippen LogP contribution in [-0.4, -0.2) is 46.8 Å². The Bertz CT molecular complexity index is 2350. The summed E-state index contributed by atoms with van der Waals surface area (Å²) in [6.07, 6.45) is -3.02. The van der Waals surface area contributed by atoms with Gasteiger partial charge in [-0.2, -0.15) is 17.6 Å². The van der Waals surface area contributed by atoms with Crippen LogP contribution in [0, 0.1) is 0 Å². The highest BCUT2D eigenvalue weighted by atomic mass is 79.9. The summed E-state index contributed by atoms with van der Waals surface area (Å²) in [4.78, 5) is 48.9. The molecule has 0 aliphatic rings. The van der Waals surface area contributed by atoms with Crippen LogP contribution in [0.4, 0.5) is 17.6 Å². The fraction of sp³-hybridized carbons (Fsp3) is 0.125. The highest BCUT2D eigenvalue weighted by Gasteiger charge is 2.19. The number of hydrogen-bond acceptors (Lipinski definition) is 10. The molecule has 4 aromatic heterocycles. The molecule has 0 aliphatic carbocycles. The van der Waals surface area contributed by atoms with Gasteiger partial charge in [0.1, 0.15) is 0 Å². The molecular formula is C32H19BrCl4F4N6O6. The number of Topliss-reactive ketones (excluding diaryl/α,β-unsaturated/α-hetero) is 2.